The summed E-state index contributed by atoms with van der Waals surface area (Å²) in [5, 5.41) is 3.25. The highest BCUT2D eigenvalue weighted by molar-refractivity contribution is 5.85. The van der Waals surface area contributed by atoms with Gasteiger partial charge in [-0.05, 0) is 25.8 Å². The molecule has 0 aromatic carbocycles. The number of nitrogens with zero attached hydrogens (tertiary/aromatic N) is 1. The number of piperidine rings is 1. The van der Waals surface area contributed by atoms with Crippen molar-refractivity contribution in [1.82, 2.24) is 10.2 Å². The fourth-order valence-corrected chi connectivity index (χ4v) is 2.11. The summed E-state index contributed by atoms with van der Waals surface area (Å²) in [4.78, 5) is 24.9. The quantitative estimate of drug-likeness (QED) is 0.716. The highest BCUT2D eigenvalue weighted by atomic mass is 16.2. The van der Waals surface area contributed by atoms with Crippen molar-refractivity contribution in [1.29, 1.82) is 0 Å². The summed E-state index contributed by atoms with van der Waals surface area (Å²) in [5.41, 5.74) is 5.23. The van der Waals surface area contributed by atoms with Crippen LogP contribution in [-0.2, 0) is 9.59 Å². The van der Waals surface area contributed by atoms with Crippen LogP contribution in [0.15, 0.2) is 0 Å². The molecule has 0 radical (unpaired) electrons. The van der Waals surface area contributed by atoms with Crippen LogP contribution >= 0.6 is 0 Å². The van der Waals surface area contributed by atoms with Gasteiger partial charge in [0.1, 0.15) is 0 Å². The Labute approximate surface area is 103 Å². The Bertz CT molecular complexity index is 275. The Balaban J connectivity index is 2.70. The number of rotatable bonds is 5. The summed E-state index contributed by atoms with van der Waals surface area (Å²) in [5.74, 6) is -0.441. The van der Waals surface area contributed by atoms with Crippen LogP contribution in [0, 0.1) is 5.92 Å². The van der Waals surface area contributed by atoms with Gasteiger partial charge in [0.2, 0.25) is 11.8 Å². The van der Waals surface area contributed by atoms with Gasteiger partial charge < -0.3 is 16.0 Å². The van der Waals surface area contributed by atoms with Gasteiger partial charge in [0, 0.05) is 18.5 Å². The molecule has 0 bridgehead atoms. The third-order valence-electron chi connectivity index (χ3n) is 3.35. The molecule has 2 unspecified atom stereocenters. The Hall–Kier alpha value is -1.10. The van der Waals surface area contributed by atoms with Crippen molar-refractivity contribution in [2.45, 2.75) is 39.2 Å². The third-order valence-corrected chi connectivity index (χ3v) is 3.35. The molecule has 1 aliphatic heterocycles. The zero-order chi connectivity index (χ0) is 12.8. The molecule has 1 fully saturated rings. The second-order valence-corrected chi connectivity index (χ2v) is 4.74. The van der Waals surface area contributed by atoms with Crippen molar-refractivity contribution < 1.29 is 9.59 Å². The maximum atomic E-state index is 12.2. The minimum Gasteiger partial charge on any atom is -0.368 e. The zero-order valence-electron chi connectivity index (χ0n) is 10.7. The van der Waals surface area contributed by atoms with Gasteiger partial charge in [-0.1, -0.05) is 13.8 Å². The van der Waals surface area contributed by atoms with E-state index in [2.05, 4.69) is 5.32 Å². The number of carbonyl (C=O) groups excluding carboxylic acids is 2. The van der Waals surface area contributed by atoms with Crippen molar-refractivity contribution in [3.63, 3.8) is 0 Å². The zero-order valence-corrected chi connectivity index (χ0v) is 10.7. The lowest BCUT2D eigenvalue weighted by Gasteiger charge is -2.35. The maximum absolute atomic E-state index is 12.2. The summed E-state index contributed by atoms with van der Waals surface area (Å²) in [6.07, 6.45) is 2.77. The van der Waals surface area contributed by atoms with Gasteiger partial charge in [-0.3, -0.25) is 9.59 Å². The van der Waals surface area contributed by atoms with Crippen molar-refractivity contribution in [2.75, 3.05) is 19.6 Å². The van der Waals surface area contributed by atoms with E-state index in [-0.39, 0.29) is 24.4 Å². The van der Waals surface area contributed by atoms with Gasteiger partial charge in [-0.15, -0.1) is 0 Å². The second-order valence-electron chi connectivity index (χ2n) is 4.74. The molecule has 1 heterocycles. The number of hydrogen-bond donors (Lipinski definition) is 2. The molecule has 2 atom stereocenters. The lowest BCUT2D eigenvalue weighted by Crippen LogP contribution is -2.52. The van der Waals surface area contributed by atoms with E-state index >= 15 is 0 Å². The molecule has 0 aromatic rings. The molecule has 0 saturated carbocycles. The standard InChI is InChI=1S/C12H23N3O2/c1-3-9(2)12(17)15(8-11(13)16)10-5-4-6-14-7-10/h9-10,14H,3-8H2,1-2H3,(H2,13,16). The molecule has 0 spiro atoms. The number of primary amides is 1. The van der Waals surface area contributed by atoms with E-state index in [1.54, 1.807) is 4.90 Å². The highest BCUT2D eigenvalue weighted by Crippen LogP contribution is 2.15. The smallest absolute Gasteiger partial charge is 0.237 e. The number of carbonyl (C=O) groups is 2. The predicted molar refractivity (Wildman–Crippen MR) is 66.3 cm³/mol. The maximum Gasteiger partial charge on any atom is 0.237 e. The first kappa shape index (κ1) is 14.0. The molecule has 3 N–H and O–H groups in total. The van der Waals surface area contributed by atoms with Crippen LogP contribution in [0.25, 0.3) is 0 Å². The van der Waals surface area contributed by atoms with E-state index in [4.69, 9.17) is 5.73 Å². The van der Waals surface area contributed by atoms with Crippen LogP contribution in [0.1, 0.15) is 33.1 Å². The largest absolute Gasteiger partial charge is 0.368 e. The van der Waals surface area contributed by atoms with E-state index < -0.39 is 5.91 Å². The molecule has 1 saturated heterocycles. The monoisotopic (exact) mass is 241 g/mol. The average molecular weight is 241 g/mol. The molecule has 17 heavy (non-hydrogen) atoms. The van der Waals surface area contributed by atoms with Gasteiger partial charge in [0.05, 0.1) is 6.54 Å². The molecule has 98 valence electrons. The molecule has 5 nitrogen and oxygen atoms in total. The number of nitrogens with two attached hydrogens (primary N) is 1. The molecular formula is C12H23N3O2. The lowest BCUT2D eigenvalue weighted by atomic mass is 10.0. The van der Waals surface area contributed by atoms with Gasteiger partial charge in [-0.2, -0.15) is 0 Å². The van der Waals surface area contributed by atoms with E-state index in [9.17, 15) is 9.59 Å². The van der Waals surface area contributed by atoms with E-state index in [0.29, 0.717) is 0 Å². The molecular weight excluding hydrogens is 218 g/mol. The van der Waals surface area contributed by atoms with Crippen molar-refractivity contribution in [2.24, 2.45) is 11.7 Å². The second kappa shape index (κ2) is 6.59. The summed E-state index contributed by atoms with van der Waals surface area (Å²) >= 11 is 0. The van der Waals surface area contributed by atoms with Gasteiger partial charge in [0.15, 0.2) is 0 Å². The fraction of sp³-hybridized carbons (Fsp3) is 0.833. The Morgan fingerprint density at radius 3 is 2.71 bits per heavy atom. The summed E-state index contributed by atoms with van der Waals surface area (Å²) in [7, 11) is 0. The first-order valence-corrected chi connectivity index (χ1v) is 6.35. The fourth-order valence-electron chi connectivity index (χ4n) is 2.11. The predicted octanol–water partition coefficient (Wildman–Crippen LogP) is 0.0984. The number of amides is 2. The molecule has 0 aliphatic carbocycles. The average Bonchev–Trinajstić information content (AvgIpc) is 2.35. The molecule has 0 aromatic heterocycles. The van der Waals surface area contributed by atoms with Gasteiger partial charge in [0.25, 0.3) is 0 Å². The number of hydrogen-bond acceptors (Lipinski definition) is 3. The topological polar surface area (TPSA) is 75.4 Å². The Morgan fingerprint density at radius 1 is 1.53 bits per heavy atom. The van der Waals surface area contributed by atoms with Crippen LogP contribution < -0.4 is 11.1 Å². The SMILES string of the molecule is CCC(C)C(=O)N(CC(N)=O)C1CCCNC1. The summed E-state index contributed by atoms with van der Waals surface area (Å²) < 4.78 is 0. The molecule has 1 aliphatic rings. The van der Waals surface area contributed by atoms with Crippen LogP contribution in [0.5, 0.6) is 0 Å². The first-order chi connectivity index (χ1) is 8.06. The normalized spacial score (nSPS) is 21.9. The van der Waals surface area contributed by atoms with E-state index in [0.717, 1.165) is 32.4 Å². The van der Waals surface area contributed by atoms with E-state index in [1.165, 1.54) is 0 Å². The van der Waals surface area contributed by atoms with Crippen molar-refractivity contribution >= 4 is 11.8 Å². The van der Waals surface area contributed by atoms with Gasteiger partial charge in [-0.25, -0.2) is 0 Å². The van der Waals surface area contributed by atoms with Crippen molar-refractivity contribution in [3.05, 3.63) is 0 Å². The first-order valence-electron chi connectivity index (χ1n) is 6.35. The minimum absolute atomic E-state index is 0.0372. The third kappa shape index (κ3) is 4.00. The Morgan fingerprint density at radius 2 is 2.24 bits per heavy atom. The number of nitrogens with one attached hydrogen (secondary N) is 1. The summed E-state index contributed by atoms with van der Waals surface area (Å²) in [6, 6.07) is 0.109. The minimum atomic E-state index is -0.438. The Kier molecular flexibility index (Phi) is 5.41. The molecule has 2 amide bonds. The highest BCUT2D eigenvalue weighted by Gasteiger charge is 2.28. The van der Waals surface area contributed by atoms with Crippen molar-refractivity contribution in [3.8, 4) is 0 Å². The summed E-state index contributed by atoms with van der Waals surface area (Å²) in [6.45, 7) is 5.65. The lowest BCUT2D eigenvalue weighted by molar-refractivity contribution is -0.141. The van der Waals surface area contributed by atoms with Crippen LogP contribution in [0.4, 0.5) is 0 Å². The van der Waals surface area contributed by atoms with Crippen LogP contribution in [0.2, 0.25) is 0 Å². The van der Waals surface area contributed by atoms with Gasteiger partial charge >= 0.3 is 0 Å². The molecule has 5 heteroatoms. The van der Waals surface area contributed by atoms with Crippen LogP contribution in [0.3, 0.4) is 0 Å². The van der Waals surface area contributed by atoms with Crippen LogP contribution in [-0.4, -0.2) is 42.4 Å². The molecule has 1 rings (SSSR count). The van der Waals surface area contributed by atoms with E-state index in [1.807, 2.05) is 13.8 Å².